The Morgan fingerprint density at radius 3 is 2.86 bits per heavy atom. The van der Waals surface area contributed by atoms with E-state index < -0.39 is 6.10 Å². The Kier molecular flexibility index (Phi) is 5.33. The number of ketones is 1. The van der Waals surface area contributed by atoms with Gasteiger partial charge in [-0.25, -0.2) is 0 Å². The quantitative estimate of drug-likeness (QED) is 0.853. The summed E-state index contributed by atoms with van der Waals surface area (Å²) in [5, 5.41) is 3.27. The first-order chi connectivity index (χ1) is 10.1. The normalized spacial score (nSPS) is 17.0. The molecule has 1 aliphatic rings. The molecule has 1 heterocycles. The van der Waals surface area contributed by atoms with Gasteiger partial charge in [-0.1, -0.05) is 12.1 Å². The van der Waals surface area contributed by atoms with Crippen molar-refractivity contribution >= 4 is 11.7 Å². The van der Waals surface area contributed by atoms with E-state index in [9.17, 15) is 9.59 Å². The smallest absolute Gasteiger partial charge is 0.263 e. The number of ether oxygens (including phenoxy) is 1. The predicted molar refractivity (Wildman–Crippen MR) is 80.6 cm³/mol. The van der Waals surface area contributed by atoms with Crippen LogP contribution in [0.4, 0.5) is 0 Å². The molecule has 1 N–H and O–H groups in total. The van der Waals surface area contributed by atoms with Gasteiger partial charge < -0.3 is 15.0 Å². The molecule has 0 spiro atoms. The van der Waals surface area contributed by atoms with Gasteiger partial charge in [0, 0.05) is 25.2 Å². The lowest BCUT2D eigenvalue weighted by atomic mass is 10.1. The van der Waals surface area contributed by atoms with E-state index >= 15 is 0 Å². The van der Waals surface area contributed by atoms with Gasteiger partial charge in [0.25, 0.3) is 5.91 Å². The molecule has 2 rings (SSSR count). The molecule has 1 aromatic carbocycles. The molecule has 1 unspecified atom stereocenters. The van der Waals surface area contributed by atoms with E-state index in [1.165, 1.54) is 6.92 Å². The van der Waals surface area contributed by atoms with Gasteiger partial charge in [0.1, 0.15) is 5.75 Å². The number of nitrogens with one attached hydrogen (secondary N) is 1. The van der Waals surface area contributed by atoms with Crippen LogP contribution in [0.25, 0.3) is 0 Å². The lowest BCUT2D eigenvalue weighted by Gasteiger charge is -2.24. The molecule has 0 aliphatic carbocycles. The minimum atomic E-state index is -0.551. The van der Waals surface area contributed by atoms with E-state index in [1.807, 2.05) is 4.90 Å². The lowest BCUT2D eigenvalue weighted by molar-refractivity contribution is -0.137. The van der Waals surface area contributed by atoms with Crippen molar-refractivity contribution in [3.63, 3.8) is 0 Å². The van der Waals surface area contributed by atoms with Crippen LogP contribution in [0.5, 0.6) is 5.75 Å². The predicted octanol–water partition coefficient (Wildman–Crippen LogP) is 1.48. The average Bonchev–Trinajstić information content (AvgIpc) is 2.75. The highest BCUT2D eigenvalue weighted by atomic mass is 16.5. The van der Waals surface area contributed by atoms with Crippen LogP contribution in [0.15, 0.2) is 24.3 Å². The minimum Gasteiger partial charge on any atom is -0.481 e. The maximum Gasteiger partial charge on any atom is 0.263 e. The van der Waals surface area contributed by atoms with Gasteiger partial charge >= 0.3 is 0 Å². The highest BCUT2D eigenvalue weighted by Crippen LogP contribution is 2.16. The van der Waals surface area contributed by atoms with Gasteiger partial charge in [-0.15, -0.1) is 0 Å². The fourth-order valence-corrected chi connectivity index (χ4v) is 2.37. The van der Waals surface area contributed by atoms with E-state index in [0.29, 0.717) is 17.9 Å². The summed E-state index contributed by atoms with van der Waals surface area (Å²) in [6, 6.07) is 6.94. The summed E-state index contributed by atoms with van der Waals surface area (Å²) in [5.74, 6) is 0.529. The summed E-state index contributed by atoms with van der Waals surface area (Å²) < 4.78 is 5.70. The SMILES string of the molecule is CC(=O)c1cccc(OC(C)C(=O)N2CCCNCC2)c1. The Balaban J connectivity index is 1.99. The Morgan fingerprint density at radius 2 is 2.10 bits per heavy atom. The van der Waals surface area contributed by atoms with Crippen molar-refractivity contribution in [2.75, 3.05) is 26.2 Å². The van der Waals surface area contributed by atoms with Crippen molar-refractivity contribution in [3.05, 3.63) is 29.8 Å². The Labute approximate surface area is 125 Å². The van der Waals surface area contributed by atoms with Crippen LogP contribution in [0.1, 0.15) is 30.6 Å². The molecule has 114 valence electrons. The van der Waals surface area contributed by atoms with Crippen LogP contribution in [0.3, 0.4) is 0 Å². The zero-order valence-electron chi connectivity index (χ0n) is 12.6. The van der Waals surface area contributed by atoms with Crippen LogP contribution < -0.4 is 10.1 Å². The maximum absolute atomic E-state index is 12.4. The van der Waals surface area contributed by atoms with E-state index in [-0.39, 0.29) is 11.7 Å². The summed E-state index contributed by atoms with van der Waals surface area (Å²) in [6.45, 7) is 6.49. The number of amides is 1. The number of Topliss-reactive ketones (excluding diaryl/α,β-unsaturated/α-hetero) is 1. The number of rotatable bonds is 4. The molecule has 0 saturated carbocycles. The second-order valence-electron chi connectivity index (χ2n) is 5.27. The topological polar surface area (TPSA) is 58.6 Å². The molecular formula is C16H22N2O3. The molecular weight excluding hydrogens is 268 g/mol. The monoisotopic (exact) mass is 290 g/mol. The first-order valence-electron chi connectivity index (χ1n) is 7.35. The van der Waals surface area contributed by atoms with E-state index in [4.69, 9.17) is 4.74 Å². The van der Waals surface area contributed by atoms with Gasteiger partial charge in [-0.2, -0.15) is 0 Å². The molecule has 0 aromatic heterocycles. The first kappa shape index (κ1) is 15.5. The molecule has 1 amide bonds. The molecule has 21 heavy (non-hydrogen) atoms. The van der Waals surface area contributed by atoms with Gasteiger partial charge in [0.15, 0.2) is 11.9 Å². The van der Waals surface area contributed by atoms with Gasteiger partial charge in [0.2, 0.25) is 0 Å². The zero-order chi connectivity index (χ0) is 15.2. The zero-order valence-corrected chi connectivity index (χ0v) is 12.6. The fourth-order valence-electron chi connectivity index (χ4n) is 2.37. The molecule has 1 atom stereocenters. The third kappa shape index (κ3) is 4.29. The highest BCUT2D eigenvalue weighted by Gasteiger charge is 2.22. The Morgan fingerprint density at radius 1 is 1.29 bits per heavy atom. The van der Waals surface area contributed by atoms with E-state index in [0.717, 1.165) is 26.1 Å². The summed E-state index contributed by atoms with van der Waals surface area (Å²) in [4.78, 5) is 25.6. The van der Waals surface area contributed by atoms with Crippen LogP contribution in [-0.4, -0.2) is 48.9 Å². The number of carbonyl (C=O) groups is 2. The summed E-state index contributed by atoms with van der Waals surface area (Å²) in [7, 11) is 0. The molecule has 5 heteroatoms. The third-order valence-electron chi connectivity index (χ3n) is 3.55. The number of benzene rings is 1. The van der Waals surface area contributed by atoms with Crippen molar-refractivity contribution < 1.29 is 14.3 Å². The number of nitrogens with zero attached hydrogens (tertiary/aromatic N) is 1. The largest absolute Gasteiger partial charge is 0.481 e. The maximum atomic E-state index is 12.4. The van der Waals surface area contributed by atoms with Crippen molar-refractivity contribution in [3.8, 4) is 5.75 Å². The number of hydrogen-bond donors (Lipinski definition) is 1. The van der Waals surface area contributed by atoms with Crippen molar-refractivity contribution in [2.24, 2.45) is 0 Å². The van der Waals surface area contributed by atoms with Crippen LogP contribution >= 0.6 is 0 Å². The average molecular weight is 290 g/mol. The molecule has 5 nitrogen and oxygen atoms in total. The molecule has 0 radical (unpaired) electrons. The second kappa shape index (κ2) is 7.22. The third-order valence-corrected chi connectivity index (χ3v) is 3.55. The summed E-state index contributed by atoms with van der Waals surface area (Å²) in [6.07, 6.45) is 0.406. The van der Waals surface area contributed by atoms with Crippen LogP contribution in [-0.2, 0) is 4.79 Å². The van der Waals surface area contributed by atoms with E-state index in [1.54, 1.807) is 31.2 Å². The first-order valence-corrected chi connectivity index (χ1v) is 7.35. The molecule has 0 bridgehead atoms. The van der Waals surface area contributed by atoms with Crippen molar-refractivity contribution in [2.45, 2.75) is 26.4 Å². The van der Waals surface area contributed by atoms with Gasteiger partial charge in [-0.05, 0) is 38.9 Å². The highest BCUT2D eigenvalue weighted by molar-refractivity contribution is 5.94. The molecule has 1 fully saturated rings. The minimum absolute atomic E-state index is 0.00747. The van der Waals surface area contributed by atoms with Crippen LogP contribution in [0.2, 0.25) is 0 Å². The Hall–Kier alpha value is -1.88. The van der Waals surface area contributed by atoms with Crippen molar-refractivity contribution in [1.29, 1.82) is 0 Å². The molecule has 1 saturated heterocycles. The number of carbonyl (C=O) groups excluding carboxylic acids is 2. The van der Waals surface area contributed by atoms with E-state index in [2.05, 4.69) is 5.32 Å². The summed E-state index contributed by atoms with van der Waals surface area (Å²) in [5.41, 5.74) is 0.589. The second-order valence-corrected chi connectivity index (χ2v) is 5.27. The molecule has 1 aliphatic heterocycles. The number of hydrogen-bond acceptors (Lipinski definition) is 4. The fraction of sp³-hybridized carbons (Fsp3) is 0.500. The standard InChI is InChI=1S/C16H22N2O3/c1-12(19)14-5-3-6-15(11-14)21-13(2)16(20)18-9-4-7-17-8-10-18/h3,5-6,11,13,17H,4,7-10H2,1-2H3. The van der Waals surface area contributed by atoms with Crippen molar-refractivity contribution in [1.82, 2.24) is 10.2 Å². The van der Waals surface area contributed by atoms with Crippen LogP contribution in [0, 0.1) is 0 Å². The Bertz CT molecular complexity index is 508. The summed E-state index contributed by atoms with van der Waals surface area (Å²) >= 11 is 0. The van der Waals surface area contributed by atoms with Gasteiger partial charge in [-0.3, -0.25) is 9.59 Å². The lowest BCUT2D eigenvalue weighted by Crippen LogP contribution is -2.42. The van der Waals surface area contributed by atoms with Gasteiger partial charge in [0.05, 0.1) is 0 Å². The molecule has 1 aromatic rings.